The van der Waals surface area contributed by atoms with E-state index in [4.69, 9.17) is 5.73 Å². The molecule has 1 unspecified atom stereocenters. The lowest BCUT2D eigenvalue weighted by molar-refractivity contribution is -0.385. The molecule has 0 bridgehead atoms. The molecule has 2 rings (SSSR count). The zero-order chi connectivity index (χ0) is 11.5. The maximum Gasteiger partial charge on any atom is 0.275 e. The maximum atomic E-state index is 10.9. The van der Waals surface area contributed by atoms with Crippen LogP contribution < -0.4 is 11.1 Å². The van der Waals surface area contributed by atoms with Gasteiger partial charge in [0.25, 0.3) is 5.69 Å². The largest absolute Gasteiger partial charge is 0.399 e. The van der Waals surface area contributed by atoms with Gasteiger partial charge in [0.15, 0.2) is 0 Å². The minimum atomic E-state index is -0.360. The van der Waals surface area contributed by atoms with Gasteiger partial charge in [0.1, 0.15) is 0 Å². The van der Waals surface area contributed by atoms with Crippen LogP contribution in [0.1, 0.15) is 10.8 Å². The Balaban J connectivity index is 2.34. The van der Waals surface area contributed by atoms with Crippen molar-refractivity contribution in [1.29, 1.82) is 0 Å². The van der Waals surface area contributed by atoms with Gasteiger partial charge in [-0.05, 0) is 12.1 Å². The van der Waals surface area contributed by atoms with E-state index in [0.717, 1.165) is 24.4 Å². The molecule has 1 aromatic carbocycles. The summed E-state index contributed by atoms with van der Waals surface area (Å²) < 4.78 is 0. The average molecular weight is 239 g/mol. The normalized spacial score (nSPS) is 20.6. The topological polar surface area (TPSA) is 81.2 Å². The zero-order valence-electron chi connectivity index (χ0n) is 8.68. The lowest BCUT2D eigenvalue weighted by Crippen LogP contribution is -2.28. The summed E-state index contributed by atoms with van der Waals surface area (Å²) in [6.45, 7) is 1.74. The highest BCUT2D eigenvalue weighted by Gasteiger charge is 2.24. The highest BCUT2D eigenvalue weighted by Crippen LogP contribution is 2.36. The number of nitrogens with one attached hydrogen (secondary N) is 1. The summed E-state index contributed by atoms with van der Waals surface area (Å²) in [5.74, 6) is 0.978. The summed E-state index contributed by atoms with van der Waals surface area (Å²) in [4.78, 5) is 10.6. The van der Waals surface area contributed by atoms with Crippen LogP contribution in [0, 0.1) is 10.1 Å². The van der Waals surface area contributed by atoms with Crippen molar-refractivity contribution < 1.29 is 4.92 Å². The fraction of sp³-hybridized carbons (Fsp3) is 0.400. The van der Waals surface area contributed by atoms with Gasteiger partial charge in [0.2, 0.25) is 0 Å². The van der Waals surface area contributed by atoms with Gasteiger partial charge in [-0.2, -0.15) is 11.8 Å². The van der Waals surface area contributed by atoms with E-state index >= 15 is 0 Å². The summed E-state index contributed by atoms with van der Waals surface area (Å²) in [5.41, 5.74) is 6.89. The number of nitro groups is 1. The predicted molar refractivity (Wildman–Crippen MR) is 65.6 cm³/mol. The number of anilines is 1. The SMILES string of the molecule is Nc1ccc(C2CNCCS2)c([N+](=O)[O-])c1. The van der Waals surface area contributed by atoms with Crippen LogP contribution in [-0.2, 0) is 0 Å². The van der Waals surface area contributed by atoms with Gasteiger partial charge in [-0.15, -0.1) is 0 Å². The van der Waals surface area contributed by atoms with Gasteiger partial charge in [-0.3, -0.25) is 10.1 Å². The molecule has 1 heterocycles. The zero-order valence-corrected chi connectivity index (χ0v) is 9.50. The Morgan fingerprint density at radius 3 is 3.00 bits per heavy atom. The quantitative estimate of drug-likeness (QED) is 0.465. The van der Waals surface area contributed by atoms with E-state index in [1.165, 1.54) is 6.07 Å². The fourth-order valence-electron chi connectivity index (χ4n) is 1.76. The second kappa shape index (κ2) is 4.71. The van der Waals surface area contributed by atoms with Gasteiger partial charge < -0.3 is 11.1 Å². The second-order valence-electron chi connectivity index (χ2n) is 3.64. The first kappa shape index (κ1) is 11.2. The van der Waals surface area contributed by atoms with Crippen LogP contribution in [0.2, 0.25) is 0 Å². The molecular formula is C10H13N3O2S. The molecule has 0 spiro atoms. The molecule has 0 aliphatic carbocycles. The molecule has 0 saturated carbocycles. The molecule has 5 nitrogen and oxygen atoms in total. The minimum Gasteiger partial charge on any atom is -0.399 e. The van der Waals surface area contributed by atoms with Gasteiger partial charge in [-0.1, -0.05) is 0 Å². The minimum absolute atomic E-state index is 0.126. The molecule has 1 saturated heterocycles. The third-order valence-corrected chi connectivity index (χ3v) is 3.79. The maximum absolute atomic E-state index is 10.9. The fourth-order valence-corrected chi connectivity index (χ4v) is 2.92. The Morgan fingerprint density at radius 2 is 2.38 bits per heavy atom. The summed E-state index contributed by atoms with van der Waals surface area (Å²) in [7, 11) is 0. The van der Waals surface area contributed by atoms with E-state index in [9.17, 15) is 10.1 Å². The monoisotopic (exact) mass is 239 g/mol. The summed E-state index contributed by atoms with van der Waals surface area (Å²) >= 11 is 1.75. The van der Waals surface area contributed by atoms with Crippen molar-refractivity contribution >= 4 is 23.1 Å². The Hall–Kier alpha value is -1.27. The van der Waals surface area contributed by atoms with Crippen molar-refractivity contribution in [1.82, 2.24) is 5.32 Å². The Kier molecular flexibility index (Phi) is 3.31. The van der Waals surface area contributed by atoms with E-state index in [-0.39, 0.29) is 15.9 Å². The van der Waals surface area contributed by atoms with Crippen LogP contribution >= 0.6 is 11.8 Å². The van der Waals surface area contributed by atoms with Crippen LogP contribution in [0.4, 0.5) is 11.4 Å². The van der Waals surface area contributed by atoms with Crippen molar-refractivity contribution in [2.75, 3.05) is 24.6 Å². The molecule has 86 valence electrons. The Morgan fingerprint density at radius 1 is 1.56 bits per heavy atom. The molecule has 0 amide bonds. The molecule has 1 aliphatic heterocycles. The molecule has 1 aromatic rings. The van der Waals surface area contributed by atoms with Gasteiger partial charge in [-0.25, -0.2) is 0 Å². The number of nitrogens with zero attached hydrogens (tertiary/aromatic N) is 1. The van der Waals surface area contributed by atoms with Crippen molar-refractivity contribution in [2.24, 2.45) is 0 Å². The predicted octanol–water partition coefficient (Wildman–Crippen LogP) is 1.55. The van der Waals surface area contributed by atoms with Crippen molar-refractivity contribution in [3.63, 3.8) is 0 Å². The van der Waals surface area contributed by atoms with E-state index in [2.05, 4.69) is 5.32 Å². The summed E-state index contributed by atoms with van der Waals surface area (Å²) in [5, 5.41) is 14.3. The van der Waals surface area contributed by atoms with Crippen LogP contribution in [0.25, 0.3) is 0 Å². The first-order chi connectivity index (χ1) is 7.68. The van der Waals surface area contributed by atoms with Crippen molar-refractivity contribution in [2.45, 2.75) is 5.25 Å². The van der Waals surface area contributed by atoms with Gasteiger partial charge in [0.05, 0.1) is 4.92 Å². The standard InChI is InChI=1S/C10H13N3O2S/c11-7-1-2-8(9(5-7)13(14)15)10-6-12-3-4-16-10/h1-2,5,10,12H,3-4,6,11H2. The van der Waals surface area contributed by atoms with E-state index in [1.54, 1.807) is 23.9 Å². The molecule has 0 aromatic heterocycles. The molecule has 1 fully saturated rings. The van der Waals surface area contributed by atoms with Crippen LogP contribution in [0.15, 0.2) is 18.2 Å². The highest BCUT2D eigenvalue weighted by atomic mass is 32.2. The lowest BCUT2D eigenvalue weighted by Gasteiger charge is -2.22. The van der Waals surface area contributed by atoms with Gasteiger partial charge in [0, 0.05) is 41.4 Å². The third kappa shape index (κ3) is 2.28. The number of hydrogen-bond acceptors (Lipinski definition) is 5. The molecule has 1 atom stereocenters. The first-order valence-corrected chi connectivity index (χ1v) is 6.09. The van der Waals surface area contributed by atoms with Crippen LogP contribution in [0.3, 0.4) is 0 Å². The Labute approximate surface area is 97.6 Å². The summed E-state index contributed by atoms with van der Waals surface area (Å²) in [6.07, 6.45) is 0. The molecule has 16 heavy (non-hydrogen) atoms. The van der Waals surface area contributed by atoms with E-state index in [1.807, 2.05) is 0 Å². The first-order valence-electron chi connectivity index (χ1n) is 5.04. The highest BCUT2D eigenvalue weighted by molar-refractivity contribution is 7.99. The van der Waals surface area contributed by atoms with E-state index in [0.29, 0.717) is 5.69 Å². The molecular weight excluding hydrogens is 226 g/mol. The van der Waals surface area contributed by atoms with Crippen molar-refractivity contribution in [3.05, 3.63) is 33.9 Å². The molecule has 6 heteroatoms. The van der Waals surface area contributed by atoms with E-state index < -0.39 is 0 Å². The average Bonchev–Trinajstić information content (AvgIpc) is 2.30. The second-order valence-corrected chi connectivity index (χ2v) is 4.95. The number of nitrogens with two attached hydrogens (primary N) is 1. The van der Waals surface area contributed by atoms with Crippen LogP contribution in [-0.4, -0.2) is 23.8 Å². The number of rotatable bonds is 2. The third-order valence-electron chi connectivity index (χ3n) is 2.53. The van der Waals surface area contributed by atoms with Gasteiger partial charge >= 0.3 is 0 Å². The number of benzene rings is 1. The number of thioether (sulfide) groups is 1. The number of nitro benzene ring substituents is 1. The lowest BCUT2D eigenvalue weighted by atomic mass is 10.1. The molecule has 0 radical (unpaired) electrons. The van der Waals surface area contributed by atoms with Crippen molar-refractivity contribution in [3.8, 4) is 0 Å². The molecule has 3 N–H and O–H groups in total. The van der Waals surface area contributed by atoms with Crippen LogP contribution in [0.5, 0.6) is 0 Å². The smallest absolute Gasteiger partial charge is 0.275 e. The molecule has 1 aliphatic rings. The number of hydrogen-bond donors (Lipinski definition) is 2. The summed E-state index contributed by atoms with van der Waals surface area (Å²) in [6, 6.07) is 4.92. The number of nitrogen functional groups attached to an aromatic ring is 1. The Bertz CT molecular complexity index is 405.